The van der Waals surface area contributed by atoms with Crippen LogP contribution in [-0.4, -0.2) is 14.9 Å². The van der Waals surface area contributed by atoms with Crippen molar-refractivity contribution in [3.63, 3.8) is 0 Å². The van der Waals surface area contributed by atoms with E-state index in [1.54, 1.807) is 24.0 Å². The van der Waals surface area contributed by atoms with Gasteiger partial charge in [-0.3, -0.25) is 4.68 Å². The number of aromatic nitrogens is 2. The van der Waals surface area contributed by atoms with Crippen molar-refractivity contribution in [3.8, 4) is 5.75 Å². The minimum absolute atomic E-state index is 0.249. The van der Waals surface area contributed by atoms with Gasteiger partial charge in [-0.25, -0.2) is 0 Å². The number of rotatable bonds is 0. The van der Waals surface area contributed by atoms with Gasteiger partial charge in [0, 0.05) is 16.9 Å². The first-order valence-corrected chi connectivity index (χ1v) is 4.28. The molecule has 0 saturated heterocycles. The summed E-state index contributed by atoms with van der Waals surface area (Å²) in [6.07, 6.45) is 1.72. The largest absolute Gasteiger partial charge is 0.506 e. The number of phenols is 1. The molecule has 1 heterocycles. The average molecular weight is 227 g/mol. The van der Waals surface area contributed by atoms with Gasteiger partial charge in [-0.15, -0.1) is 0 Å². The second kappa shape index (κ2) is 2.48. The zero-order valence-corrected chi connectivity index (χ0v) is 8.04. The standard InChI is InChI=1S/C8H7BrN2O/c1-11-8-5(4-10-11)2-6(9)3-7(8)12/h2-4,12H,1H3. The lowest BCUT2D eigenvalue weighted by molar-refractivity contribution is 0.477. The highest BCUT2D eigenvalue weighted by atomic mass is 79.9. The molecule has 1 N–H and O–H groups in total. The van der Waals surface area contributed by atoms with Crippen molar-refractivity contribution in [2.45, 2.75) is 0 Å². The topological polar surface area (TPSA) is 38.0 Å². The molecule has 0 atom stereocenters. The average Bonchev–Trinajstić information content (AvgIpc) is 2.31. The van der Waals surface area contributed by atoms with Gasteiger partial charge in [-0.05, 0) is 12.1 Å². The molecular formula is C8H7BrN2O. The molecule has 0 saturated carbocycles. The molecule has 0 amide bonds. The summed E-state index contributed by atoms with van der Waals surface area (Å²) in [4.78, 5) is 0. The number of halogens is 1. The Labute approximate surface area is 77.7 Å². The van der Waals surface area contributed by atoms with Gasteiger partial charge < -0.3 is 5.11 Å². The van der Waals surface area contributed by atoms with Crippen molar-refractivity contribution in [3.05, 3.63) is 22.8 Å². The molecule has 0 radical (unpaired) electrons. The fraction of sp³-hybridized carbons (Fsp3) is 0.125. The maximum Gasteiger partial charge on any atom is 0.142 e. The van der Waals surface area contributed by atoms with Gasteiger partial charge in [-0.1, -0.05) is 15.9 Å². The number of aryl methyl sites for hydroxylation is 1. The molecule has 0 fully saturated rings. The number of fused-ring (bicyclic) bond motifs is 1. The van der Waals surface area contributed by atoms with Crippen LogP contribution in [0.3, 0.4) is 0 Å². The minimum atomic E-state index is 0.249. The summed E-state index contributed by atoms with van der Waals surface area (Å²) in [6.45, 7) is 0. The normalized spacial score (nSPS) is 10.8. The Balaban J connectivity index is 2.93. The molecule has 0 bridgehead atoms. The van der Waals surface area contributed by atoms with Crippen LogP contribution in [0, 0.1) is 0 Å². The van der Waals surface area contributed by atoms with E-state index in [1.807, 2.05) is 6.07 Å². The van der Waals surface area contributed by atoms with E-state index >= 15 is 0 Å². The number of phenolic OH excluding ortho intramolecular Hbond substituents is 1. The zero-order valence-electron chi connectivity index (χ0n) is 6.45. The number of benzene rings is 1. The number of aromatic hydroxyl groups is 1. The fourth-order valence-electron chi connectivity index (χ4n) is 1.26. The predicted octanol–water partition coefficient (Wildman–Crippen LogP) is 2.04. The van der Waals surface area contributed by atoms with Crippen LogP contribution in [0.2, 0.25) is 0 Å². The van der Waals surface area contributed by atoms with E-state index in [4.69, 9.17) is 0 Å². The van der Waals surface area contributed by atoms with Crippen LogP contribution in [0.5, 0.6) is 5.75 Å². The van der Waals surface area contributed by atoms with Crippen LogP contribution in [0.25, 0.3) is 10.9 Å². The van der Waals surface area contributed by atoms with Gasteiger partial charge in [0.15, 0.2) is 0 Å². The lowest BCUT2D eigenvalue weighted by atomic mass is 10.2. The van der Waals surface area contributed by atoms with Gasteiger partial charge in [0.2, 0.25) is 0 Å². The highest BCUT2D eigenvalue weighted by Crippen LogP contribution is 2.28. The van der Waals surface area contributed by atoms with Crippen LogP contribution in [0.15, 0.2) is 22.8 Å². The second-order valence-electron chi connectivity index (χ2n) is 2.63. The Hall–Kier alpha value is -1.03. The molecule has 0 aliphatic rings. The van der Waals surface area contributed by atoms with Gasteiger partial charge in [0.1, 0.15) is 11.3 Å². The summed E-state index contributed by atoms with van der Waals surface area (Å²) in [5.41, 5.74) is 0.762. The maximum atomic E-state index is 9.53. The number of hydrogen-bond acceptors (Lipinski definition) is 2. The SMILES string of the molecule is Cn1ncc2cc(Br)cc(O)c21. The molecule has 0 aliphatic carbocycles. The Bertz CT molecular complexity index is 436. The quantitative estimate of drug-likeness (QED) is 0.747. The monoisotopic (exact) mass is 226 g/mol. The maximum absolute atomic E-state index is 9.53. The van der Waals surface area contributed by atoms with Gasteiger partial charge in [0.25, 0.3) is 0 Å². The van der Waals surface area contributed by atoms with Crippen molar-refractivity contribution >= 4 is 26.8 Å². The predicted molar refractivity (Wildman–Crippen MR) is 50.1 cm³/mol. The molecular weight excluding hydrogens is 220 g/mol. The molecule has 4 heteroatoms. The molecule has 0 aliphatic heterocycles. The number of nitrogens with zero attached hydrogens (tertiary/aromatic N) is 2. The summed E-state index contributed by atoms with van der Waals surface area (Å²) in [7, 11) is 1.80. The number of hydrogen-bond donors (Lipinski definition) is 1. The fourth-order valence-corrected chi connectivity index (χ4v) is 1.73. The smallest absolute Gasteiger partial charge is 0.142 e. The van der Waals surface area contributed by atoms with Gasteiger partial charge in [0.05, 0.1) is 6.20 Å². The van der Waals surface area contributed by atoms with E-state index in [2.05, 4.69) is 21.0 Å². The van der Waals surface area contributed by atoms with E-state index in [9.17, 15) is 5.11 Å². The Kier molecular flexibility index (Phi) is 1.58. The third kappa shape index (κ3) is 0.992. The van der Waals surface area contributed by atoms with E-state index in [0.29, 0.717) is 0 Å². The van der Waals surface area contributed by atoms with Crippen LogP contribution in [0.1, 0.15) is 0 Å². The van der Waals surface area contributed by atoms with Gasteiger partial charge >= 0.3 is 0 Å². The summed E-state index contributed by atoms with van der Waals surface area (Å²) < 4.78 is 2.51. The minimum Gasteiger partial charge on any atom is -0.506 e. The molecule has 2 rings (SSSR count). The lowest BCUT2D eigenvalue weighted by Crippen LogP contribution is -1.88. The Morgan fingerprint density at radius 1 is 1.50 bits per heavy atom. The third-order valence-corrected chi connectivity index (χ3v) is 2.24. The van der Waals surface area contributed by atoms with E-state index in [1.165, 1.54) is 0 Å². The Morgan fingerprint density at radius 2 is 2.25 bits per heavy atom. The molecule has 0 unspecified atom stereocenters. The van der Waals surface area contributed by atoms with Crippen LogP contribution >= 0.6 is 15.9 Å². The van der Waals surface area contributed by atoms with Crippen molar-refractivity contribution in [1.82, 2.24) is 9.78 Å². The zero-order chi connectivity index (χ0) is 8.72. The van der Waals surface area contributed by atoms with Crippen LogP contribution in [0.4, 0.5) is 0 Å². The molecule has 0 spiro atoms. The van der Waals surface area contributed by atoms with Crippen LogP contribution in [-0.2, 0) is 7.05 Å². The van der Waals surface area contributed by atoms with E-state index in [-0.39, 0.29) is 5.75 Å². The highest BCUT2D eigenvalue weighted by molar-refractivity contribution is 9.10. The molecule has 2 aromatic rings. The molecule has 1 aromatic heterocycles. The van der Waals surface area contributed by atoms with Crippen LogP contribution < -0.4 is 0 Å². The first-order valence-electron chi connectivity index (χ1n) is 3.48. The summed E-state index contributed by atoms with van der Waals surface area (Å²) >= 11 is 3.30. The second-order valence-corrected chi connectivity index (χ2v) is 3.55. The molecule has 3 nitrogen and oxygen atoms in total. The van der Waals surface area contributed by atoms with Crippen molar-refractivity contribution in [2.24, 2.45) is 7.05 Å². The van der Waals surface area contributed by atoms with E-state index in [0.717, 1.165) is 15.4 Å². The first-order chi connectivity index (χ1) is 5.68. The van der Waals surface area contributed by atoms with Crippen molar-refractivity contribution in [1.29, 1.82) is 0 Å². The summed E-state index contributed by atoms with van der Waals surface area (Å²) in [6, 6.07) is 3.58. The Morgan fingerprint density at radius 3 is 3.00 bits per heavy atom. The van der Waals surface area contributed by atoms with E-state index < -0.39 is 0 Å². The summed E-state index contributed by atoms with van der Waals surface area (Å²) in [5, 5.41) is 14.5. The molecule has 62 valence electrons. The van der Waals surface area contributed by atoms with Crippen molar-refractivity contribution in [2.75, 3.05) is 0 Å². The van der Waals surface area contributed by atoms with Gasteiger partial charge in [-0.2, -0.15) is 5.10 Å². The third-order valence-electron chi connectivity index (χ3n) is 1.78. The first kappa shape index (κ1) is 7.61. The molecule has 12 heavy (non-hydrogen) atoms. The highest BCUT2D eigenvalue weighted by Gasteiger charge is 2.05. The summed E-state index contributed by atoms with van der Waals surface area (Å²) in [5.74, 6) is 0.249. The molecule has 1 aromatic carbocycles. The lowest BCUT2D eigenvalue weighted by Gasteiger charge is -1.98. The van der Waals surface area contributed by atoms with Crippen molar-refractivity contribution < 1.29 is 5.11 Å².